The number of esters is 1. The fraction of sp³-hybridized carbons (Fsp3) is 0.222. The van der Waals surface area contributed by atoms with Crippen molar-refractivity contribution in [2.45, 2.75) is 20.0 Å². The number of hydrogen-bond donors (Lipinski definition) is 1. The van der Waals surface area contributed by atoms with Gasteiger partial charge in [0.25, 0.3) is 5.91 Å². The Morgan fingerprint density at radius 2 is 1.79 bits per heavy atom. The molecule has 2 aromatic carbocycles. The minimum absolute atomic E-state index is 0.260. The lowest BCUT2D eigenvalue weighted by Crippen LogP contribution is -2.31. The van der Waals surface area contributed by atoms with Gasteiger partial charge in [-0.25, -0.2) is 4.79 Å². The van der Waals surface area contributed by atoms with Crippen LogP contribution in [0.4, 0.5) is 5.69 Å². The Bertz CT molecular complexity index is 715. The van der Waals surface area contributed by atoms with Gasteiger partial charge in [-0.2, -0.15) is 0 Å². The maximum absolute atomic E-state index is 12.0. The van der Waals surface area contributed by atoms with E-state index in [0.29, 0.717) is 16.5 Å². The molecule has 0 spiro atoms. The van der Waals surface area contributed by atoms with Crippen LogP contribution in [0.25, 0.3) is 0 Å². The van der Waals surface area contributed by atoms with Crippen molar-refractivity contribution < 1.29 is 19.1 Å². The molecule has 0 unspecified atom stereocenters. The average molecular weight is 348 g/mol. The van der Waals surface area contributed by atoms with Crippen LogP contribution in [-0.4, -0.2) is 24.6 Å². The first-order chi connectivity index (χ1) is 11.5. The van der Waals surface area contributed by atoms with Gasteiger partial charge in [0.2, 0.25) is 0 Å². The number of ether oxygens (including phenoxy) is 2. The van der Waals surface area contributed by atoms with Crippen molar-refractivity contribution >= 4 is 29.2 Å². The highest BCUT2D eigenvalue weighted by molar-refractivity contribution is 6.30. The maximum Gasteiger partial charge on any atom is 0.344 e. The number of carbonyl (C=O) groups excluding carboxylic acids is 2. The summed E-state index contributed by atoms with van der Waals surface area (Å²) in [4.78, 5) is 23.8. The molecule has 0 aliphatic rings. The highest BCUT2D eigenvalue weighted by Crippen LogP contribution is 2.16. The fourth-order valence-electron chi connectivity index (χ4n) is 1.92. The summed E-state index contributed by atoms with van der Waals surface area (Å²) < 4.78 is 10.5. The number of halogens is 1. The summed E-state index contributed by atoms with van der Waals surface area (Å²) in [6, 6.07) is 14.0. The summed E-state index contributed by atoms with van der Waals surface area (Å²) in [5, 5.41) is 3.21. The smallest absolute Gasteiger partial charge is 0.344 e. The van der Waals surface area contributed by atoms with Gasteiger partial charge in [0.1, 0.15) is 5.75 Å². The molecule has 0 bridgehead atoms. The summed E-state index contributed by atoms with van der Waals surface area (Å²) in [6.07, 6.45) is -0.936. The third-order valence-electron chi connectivity index (χ3n) is 3.23. The highest BCUT2D eigenvalue weighted by atomic mass is 35.5. The van der Waals surface area contributed by atoms with Gasteiger partial charge >= 0.3 is 5.97 Å². The Kier molecular flexibility index (Phi) is 6.21. The number of amides is 1. The van der Waals surface area contributed by atoms with Crippen LogP contribution < -0.4 is 10.1 Å². The lowest BCUT2D eigenvalue weighted by Gasteiger charge is -2.14. The molecule has 6 heteroatoms. The van der Waals surface area contributed by atoms with Gasteiger partial charge < -0.3 is 14.8 Å². The number of para-hydroxylation sites is 1. The largest absolute Gasteiger partial charge is 0.482 e. The summed E-state index contributed by atoms with van der Waals surface area (Å²) in [5.74, 6) is -0.439. The predicted molar refractivity (Wildman–Crippen MR) is 92.3 cm³/mol. The van der Waals surface area contributed by atoms with Gasteiger partial charge in [-0.05, 0) is 49.7 Å². The van der Waals surface area contributed by atoms with E-state index in [-0.39, 0.29) is 6.61 Å². The summed E-state index contributed by atoms with van der Waals surface area (Å²) in [6.45, 7) is 3.11. The summed E-state index contributed by atoms with van der Waals surface area (Å²) in [7, 11) is 0. The number of hydrogen-bond acceptors (Lipinski definition) is 4. The van der Waals surface area contributed by atoms with E-state index < -0.39 is 18.0 Å². The Morgan fingerprint density at radius 1 is 1.12 bits per heavy atom. The highest BCUT2D eigenvalue weighted by Gasteiger charge is 2.18. The van der Waals surface area contributed by atoms with Crippen molar-refractivity contribution in [3.8, 4) is 5.75 Å². The van der Waals surface area contributed by atoms with Crippen LogP contribution in [0.15, 0.2) is 48.5 Å². The molecule has 5 nitrogen and oxygen atoms in total. The molecular formula is C18H18ClNO4. The van der Waals surface area contributed by atoms with Crippen molar-refractivity contribution in [1.29, 1.82) is 0 Å². The van der Waals surface area contributed by atoms with E-state index in [1.54, 1.807) is 30.3 Å². The molecule has 0 aliphatic carbocycles. The first kappa shape index (κ1) is 17.8. The molecule has 0 aromatic heterocycles. The molecule has 2 rings (SSSR count). The number of carbonyl (C=O) groups is 2. The van der Waals surface area contributed by atoms with E-state index in [0.717, 1.165) is 5.56 Å². The number of aryl methyl sites for hydroxylation is 1. The Hall–Kier alpha value is -2.53. The lowest BCUT2D eigenvalue weighted by molar-refractivity contribution is -0.155. The van der Waals surface area contributed by atoms with E-state index in [1.165, 1.54) is 6.92 Å². The fourth-order valence-corrected chi connectivity index (χ4v) is 2.04. The van der Waals surface area contributed by atoms with Gasteiger partial charge in [-0.1, -0.05) is 29.8 Å². The molecule has 2 aromatic rings. The van der Waals surface area contributed by atoms with Crippen LogP contribution in [0.5, 0.6) is 5.75 Å². The predicted octanol–water partition coefficient (Wildman–Crippen LogP) is 3.60. The van der Waals surface area contributed by atoms with Crippen molar-refractivity contribution in [2.75, 3.05) is 11.9 Å². The molecule has 0 saturated heterocycles. The SMILES string of the molecule is Cc1ccccc1OCC(=O)O[C@H](C)C(=O)Nc1ccc(Cl)cc1. The zero-order chi connectivity index (χ0) is 17.5. The minimum atomic E-state index is -0.936. The van der Waals surface area contributed by atoms with E-state index in [1.807, 2.05) is 25.1 Å². The Balaban J connectivity index is 1.81. The molecule has 24 heavy (non-hydrogen) atoms. The second-order valence-electron chi connectivity index (χ2n) is 5.18. The minimum Gasteiger partial charge on any atom is -0.482 e. The Labute approximate surface area is 145 Å². The average Bonchev–Trinajstić information content (AvgIpc) is 2.56. The third kappa shape index (κ3) is 5.28. The number of anilines is 1. The van der Waals surface area contributed by atoms with Crippen LogP contribution in [0.2, 0.25) is 5.02 Å². The number of rotatable bonds is 6. The number of benzene rings is 2. The van der Waals surface area contributed by atoms with Gasteiger partial charge in [0, 0.05) is 10.7 Å². The normalized spacial score (nSPS) is 11.5. The molecule has 0 fully saturated rings. The topological polar surface area (TPSA) is 64.6 Å². The van der Waals surface area contributed by atoms with Crippen molar-refractivity contribution in [3.63, 3.8) is 0 Å². The molecule has 0 saturated carbocycles. The van der Waals surface area contributed by atoms with Crippen LogP contribution in [0.3, 0.4) is 0 Å². The van der Waals surface area contributed by atoms with E-state index in [4.69, 9.17) is 21.1 Å². The van der Waals surface area contributed by atoms with Crippen LogP contribution in [-0.2, 0) is 14.3 Å². The monoisotopic (exact) mass is 347 g/mol. The second-order valence-corrected chi connectivity index (χ2v) is 5.62. The van der Waals surface area contributed by atoms with Crippen molar-refractivity contribution in [2.24, 2.45) is 0 Å². The molecule has 1 amide bonds. The number of nitrogens with one attached hydrogen (secondary N) is 1. The van der Waals surface area contributed by atoms with Gasteiger partial charge in [0.05, 0.1) is 0 Å². The molecule has 1 N–H and O–H groups in total. The van der Waals surface area contributed by atoms with Crippen molar-refractivity contribution in [1.82, 2.24) is 0 Å². The molecular weight excluding hydrogens is 330 g/mol. The van der Waals surface area contributed by atoms with Crippen LogP contribution in [0, 0.1) is 6.92 Å². The van der Waals surface area contributed by atoms with Crippen LogP contribution in [0.1, 0.15) is 12.5 Å². The molecule has 126 valence electrons. The maximum atomic E-state index is 12.0. The third-order valence-corrected chi connectivity index (χ3v) is 3.48. The molecule has 0 heterocycles. The first-order valence-electron chi connectivity index (χ1n) is 7.40. The second kappa shape index (κ2) is 8.36. The van der Waals surface area contributed by atoms with E-state index in [2.05, 4.69) is 5.32 Å². The quantitative estimate of drug-likeness (QED) is 0.811. The van der Waals surface area contributed by atoms with Crippen molar-refractivity contribution in [3.05, 3.63) is 59.1 Å². The summed E-state index contributed by atoms with van der Waals surface area (Å²) in [5.41, 5.74) is 1.49. The zero-order valence-corrected chi connectivity index (χ0v) is 14.2. The first-order valence-corrected chi connectivity index (χ1v) is 7.78. The molecule has 0 aliphatic heterocycles. The Morgan fingerprint density at radius 3 is 2.46 bits per heavy atom. The standard InChI is InChI=1S/C18H18ClNO4/c1-12-5-3-4-6-16(12)23-11-17(21)24-13(2)18(22)20-15-9-7-14(19)8-10-15/h3-10,13H,11H2,1-2H3,(H,20,22)/t13-/m1/s1. The van der Waals surface area contributed by atoms with Gasteiger partial charge in [-0.15, -0.1) is 0 Å². The van der Waals surface area contributed by atoms with E-state index in [9.17, 15) is 9.59 Å². The summed E-state index contributed by atoms with van der Waals surface area (Å²) >= 11 is 5.78. The van der Waals surface area contributed by atoms with Crippen LogP contribution >= 0.6 is 11.6 Å². The lowest BCUT2D eigenvalue weighted by atomic mass is 10.2. The zero-order valence-electron chi connectivity index (χ0n) is 13.4. The van der Waals surface area contributed by atoms with Gasteiger partial charge in [0.15, 0.2) is 12.7 Å². The van der Waals surface area contributed by atoms with E-state index >= 15 is 0 Å². The molecule has 1 atom stereocenters. The molecule has 0 radical (unpaired) electrons. The van der Waals surface area contributed by atoms with Gasteiger partial charge in [-0.3, -0.25) is 4.79 Å².